The molecule has 0 aromatic heterocycles. The summed E-state index contributed by atoms with van der Waals surface area (Å²) in [5.74, 6) is -0.969. The lowest BCUT2D eigenvalue weighted by Gasteiger charge is -2.35. The van der Waals surface area contributed by atoms with Crippen LogP contribution in [0.1, 0.15) is 81.1 Å². The number of hydrogen-bond acceptors (Lipinski definition) is 8. The Balaban J connectivity index is 1.29. The summed E-state index contributed by atoms with van der Waals surface area (Å²) in [6.07, 6.45) is 3.61. The smallest absolute Gasteiger partial charge is 0.338 e. The predicted octanol–water partition coefficient (Wildman–Crippen LogP) is 7.95. The maximum absolute atomic E-state index is 14.1. The van der Waals surface area contributed by atoms with Crippen LogP contribution in [0.25, 0.3) is 11.1 Å². The third kappa shape index (κ3) is 12.1. The van der Waals surface area contributed by atoms with Gasteiger partial charge in [0, 0.05) is 50.4 Å². The second kappa shape index (κ2) is 22.1. The standard InChI is InChI=1S/C47H56N6O7/c1-5-6-29-48-45(55)44(39-23-21-37(22-24-39)36-18-12-8-13-19-36)52(32-31-50(3)4)41(54)20-14-9-15-30-51-34(2)42(46(56)60-33-35-16-10-7-11-17-35)43(49-47(51)57)38-25-27-40(28-26-38)53(58)59/h7-8,10-13,16-19,21-28,43-44H,5-6,9,14-15,20,29-33H2,1-4H3,(H,48,55)(H,49,57). The number of nitro groups is 1. The first-order chi connectivity index (χ1) is 29.0. The fraction of sp³-hybridized carbons (Fsp3) is 0.362. The van der Waals surface area contributed by atoms with Crippen LogP contribution in [0.5, 0.6) is 0 Å². The molecule has 0 saturated carbocycles. The summed E-state index contributed by atoms with van der Waals surface area (Å²) in [5.41, 5.74) is 4.64. The highest BCUT2D eigenvalue weighted by molar-refractivity contribution is 5.95. The Kier molecular flexibility index (Phi) is 16.5. The molecule has 4 aromatic carbocycles. The number of hydrogen-bond donors (Lipinski definition) is 2. The van der Waals surface area contributed by atoms with Crippen molar-refractivity contribution in [1.29, 1.82) is 0 Å². The molecule has 0 bridgehead atoms. The highest BCUT2D eigenvalue weighted by Crippen LogP contribution is 2.33. The van der Waals surface area contributed by atoms with E-state index >= 15 is 0 Å². The number of nitro benzene ring substituents is 1. The van der Waals surface area contributed by atoms with Crippen molar-refractivity contribution in [2.45, 2.75) is 71.1 Å². The molecule has 5 rings (SSSR count). The summed E-state index contributed by atoms with van der Waals surface area (Å²) in [6.45, 7) is 5.50. The molecule has 2 unspecified atom stereocenters. The first-order valence-electron chi connectivity index (χ1n) is 20.6. The minimum absolute atomic E-state index is 0.0250. The fourth-order valence-electron chi connectivity index (χ4n) is 7.17. The van der Waals surface area contributed by atoms with Gasteiger partial charge in [-0.1, -0.05) is 105 Å². The lowest BCUT2D eigenvalue weighted by Crippen LogP contribution is -2.48. The van der Waals surface area contributed by atoms with E-state index in [-0.39, 0.29) is 42.6 Å². The Hall–Kier alpha value is -6.34. The molecule has 1 aliphatic rings. The van der Waals surface area contributed by atoms with Crippen LogP contribution in [0.2, 0.25) is 0 Å². The number of likely N-dealkylation sites (N-methyl/N-ethyl adjacent to an activating group) is 1. The molecular weight excluding hydrogens is 761 g/mol. The molecule has 2 N–H and O–H groups in total. The molecule has 2 atom stereocenters. The zero-order chi connectivity index (χ0) is 43.0. The van der Waals surface area contributed by atoms with Gasteiger partial charge < -0.3 is 25.2 Å². The second-order valence-corrected chi connectivity index (χ2v) is 15.2. The van der Waals surface area contributed by atoms with Crippen molar-refractivity contribution in [2.24, 2.45) is 0 Å². The summed E-state index contributed by atoms with van der Waals surface area (Å²) in [7, 11) is 3.87. The normalized spacial score (nSPS) is 14.4. The monoisotopic (exact) mass is 816 g/mol. The van der Waals surface area contributed by atoms with E-state index in [2.05, 4.69) is 17.6 Å². The van der Waals surface area contributed by atoms with Crippen LogP contribution < -0.4 is 10.6 Å². The van der Waals surface area contributed by atoms with Crippen LogP contribution >= 0.6 is 0 Å². The molecule has 0 fully saturated rings. The molecule has 0 aliphatic carbocycles. The van der Waals surface area contributed by atoms with Gasteiger partial charge in [-0.05, 0) is 80.2 Å². The van der Waals surface area contributed by atoms with Gasteiger partial charge in [-0.25, -0.2) is 9.59 Å². The molecule has 13 nitrogen and oxygen atoms in total. The van der Waals surface area contributed by atoms with E-state index in [1.807, 2.05) is 104 Å². The molecule has 1 aliphatic heterocycles. The fourth-order valence-corrected chi connectivity index (χ4v) is 7.17. The Morgan fingerprint density at radius 3 is 2.13 bits per heavy atom. The molecule has 0 radical (unpaired) electrons. The van der Waals surface area contributed by atoms with Crippen molar-refractivity contribution >= 4 is 29.5 Å². The number of ether oxygens (including phenoxy) is 1. The number of non-ortho nitro benzene ring substituents is 1. The van der Waals surface area contributed by atoms with Crippen LogP contribution in [0.15, 0.2) is 120 Å². The van der Waals surface area contributed by atoms with E-state index in [9.17, 15) is 29.3 Å². The molecule has 0 saturated heterocycles. The molecule has 4 aromatic rings. The van der Waals surface area contributed by atoms with E-state index in [1.165, 1.54) is 29.2 Å². The zero-order valence-corrected chi connectivity index (χ0v) is 35.0. The molecule has 1 heterocycles. The number of amides is 4. The number of carbonyl (C=O) groups excluding carboxylic acids is 4. The van der Waals surface area contributed by atoms with E-state index in [4.69, 9.17) is 4.74 Å². The Morgan fingerprint density at radius 1 is 0.850 bits per heavy atom. The Labute approximate surface area is 352 Å². The van der Waals surface area contributed by atoms with Crippen LogP contribution in [0.4, 0.5) is 10.5 Å². The summed E-state index contributed by atoms with van der Waals surface area (Å²) in [4.78, 5) is 71.3. The third-order valence-corrected chi connectivity index (χ3v) is 10.6. The van der Waals surface area contributed by atoms with Crippen molar-refractivity contribution in [3.63, 3.8) is 0 Å². The first-order valence-corrected chi connectivity index (χ1v) is 20.6. The van der Waals surface area contributed by atoms with Gasteiger partial charge in [-0.3, -0.25) is 24.6 Å². The van der Waals surface area contributed by atoms with Crippen molar-refractivity contribution in [3.05, 3.63) is 147 Å². The van der Waals surface area contributed by atoms with Gasteiger partial charge in [0.1, 0.15) is 12.6 Å². The predicted molar refractivity (Wildman–Crippen MR) is 231 cm³/mol. The quantitative estimate of drug-likeness (QED) is 0.0372. The lowest BCUT2D eigenvalue weighted by atomic mass is 9.94. The van der Waals surface area contributed by atoms with Gasteiger partial charge in [0.15, 0.2) is 0 Å². The van der Waals surface area contributed by atoms with Crippen LogP contribution in [0, 0.1) is 10.1 Å². The van der Waals surface area contributed by atoms with Crippen LogP contribution in [-0.2, 0) is 25.7 Å². The summed E-state index contributed by atoms with van der Waals surface area (Å²) < 4.78 is 5.73. The van der Waals surface area contributed by atoms with Crippen LogP contribution in [0.3, 0.4) is 0 Å². The van der Waals surface area contributed by atoms with E-state index in [1.54, 1.807) is 11.8 Å². The number of urea groups is 1. The van der Waals surface area contributed by atoms with Crippen molar-refractivity contribution in [1.82, 2.24) is 25.3 Å². The molecule has 316 valence electrons. The first kappa shape index (κ1) is 44.8. The second-order valence-electron chi connectivity index (χ2n) is 15.2. The summed E-state index contributed by atoms with van der Waals surface area (Å²) >= 11 is 0. The SMILES string of the molecule is CCCCNC(=O)C(c1ccc(-c2ccccc2)cc1)N(CCN(C)C)C(=O)CCCCCN1C(=O)NC(c2ccc([N+](=O)[O-])cc2)C(C(=O)OCc2ccccc2)=C1C. The average molecular weight is 817 g/mol. The van der Waals surface area contributed by atoms with Gasteiger partial charge in [0.25, 0.3) is 5.69 Å². The summed E-state index contributed by atoms with van der Waals surface area (Å²) in [6, 6.07) is 30.7. The molecule has 13 heteroatoms. The number of allylic oxidation sites excluding steroid dienone is 1. The molecular formula is C47H56N6O7. The van der Waals surface area contributed by atoms with E-state index in [0.29, 0.717) is 50.2 Å². The largest absolute Gasteiger partial charge is 0.457 e. The highest BCUT2D eigenvalue weighted by Gasteiger charge is 2.37. The molecule has 0 spiro atoms. The minimum Gasteiger partial charge on any atom is -0.457 e. The number of nitrogens with one attached hydrogen (secondary N) is 2. The maximum Gasteiger partial charge on any atom is 0.338 e. The third-order valence-electron chi connectivity index (χ3n) is 10.6. The van der Waals surface area contributed by atoms with Crippen molar-refractivity contribution in [3.8, 4) is 11.1 Å². The maximum atomic E-state index is 14.1. The van der Waals surface area contributed by atoms with Crippen LogP contribution in [-0.4, -0.2) is 83.7 Å². The zero-order valence-electron chi connectivity index (χ0n) is 35.0. The number of esters is 1. The minimum atomic E-state index is -0.884. The molecule has 4 amide bonds. The number of unbranched alkanes of at least 4 members (excludes halogenated alkanes) is 3. The lowest BCUT2D eigenvalue weighted by molar-refractivity contribution is -0.384. The number of carbonyl (C=O) groups is 4. The number of rotatable bonds is 21. The van der Waals surface area contributed by atoms with Gasteiger partial charge >= 0.3 is 12.0 Å². The number of benzene rings is 4. The highest BCUT2D eigenvalue weighted by atomic mass is 16.6. The molecule has 60 heavy (non-hydrogen) atoms. The topological polar surface area (TPSA) is 154 Å². The Morgan fingerprint density at radius 2 is 1.50 bits per heavy atom. The Bertz CT molecular complexity index is 2090. The van der Waals surface area contributed by atoms with E-state index in [0.717, 1.165) is 35.1 Å². The van der Waals surface area contributed by atoms with Gasteiger partial charge in [0.05, 0.1) is 16.5 Å². The summed E-state index contributed by atoms with van der Waals surface area (Å²) in [5, 5.41) is 17.3. The van der Waals surface area contributed by atoms with E-state index < -0.39 is 29.0 Å². The van der Waals surface area contributed by atoms with Gasteiger partial charge in [-0.15, -0.1) is 0 Å². The van der Waals surface area contributed by atoms with Gasteiger partial charge in [-0.2, -0.15) is 0 Å². The average Bonchev–Trinajstić information content (AvgIpc) is 3.25. The number of nitrogens with zero attached hydrogens (tertiary/aromatic N) is 4. The van der Waals surface area contributed by atoms with Crippen molar-refractivity contribution < 1.29 is 28.8 Å². The van der Waals surface area contributed by atoms with Crippen molar-refractivity contribution in [2.75, 3.05) is 40.3 Å². The van der Waals surface area contributed by atoms with Gasteiger partial charge in [0.2, 0.25) is 11.8 Å².